The number of nitrogens with zero attached hydrogens (tertiary/aromatic N) is 3. The summed E-state index contributed by atoms with van der Waals surface area (Å²) < 4.78 is 0. The Hall–Kier alpha value is -2.48. The van der Waals surface area contributed by atoms with Crippen LogP contribution < -0.4 is 5.43 Å². The van der Waals surface area contributed by atoms with Gasteiger partial charge in [-0.15, -0.1) is 11.3 Å². The monoisotopic (exact) mass is 392 g/mol. The van der Waals surface area contributed by atoms with Crippen LogP contribution in [0.4, 0.5) is 10.8 Å². The second kappa shape index (κ2) is 7.60. The lowest BCUT2D eigenvalue weighted by Crippen LogP contribution is -1.91. The lowest BCUT2D eigenvalue weighted by Gasteiger charge is -1.99. The third-order valence-electron chi connectivity index (χ3n) is 3.18. The van der Waals surface area contributed by atoms with E-state index in [1.54, 1.807) is 41.9 Å². The summed E-state index contributed by atoms with van der Waals surface area (Å²) in [6, 6.07) is 11.4. The Balaban J connectivity index is 1.72. The zero-order valence-electron chi connectivity index (χ0n) is 12.5. The van der Waals surface area contributed by atoms with Crippen molar-refractivity contribution in [2.45, 2.75) is 0 Å². The maximum absolute atomic E-state index is 10.9. The molecule has 1 heterocycles. The summed E-state index contributed by atoms with van der Waals surface area (Å²) in [6.07, 6.45) is 1.56. The SMILES string of the molecule is O=[N+]([O-])c1cccc(-c2csc(N/N=C/c3ccc(Cl)cc3Cl)n2)c1. The van der Waals surface area contributed by atoms with Gasteiger partial charge in [-0.1, -0.05) is 41.4 Å². The molecule has 0 bridgehead atoms. The first-order valence-electron chi connectivity index (χ1n) is 6.97. The van der Waals surface area contributed by atoms with Crippen molar-refractivity contribution in [3.05, 3.63) is 73.6 Å². The normalized spacial score (nSPS) is 11.0. The fraction of sp³-hybridized carbons (Fsp3) is 0. The molecule has 1 N–H and O–H groups in total. The van der Waals surface area contributed by atoms with Crippen LogP contribution in [0.3, 0.4) is 0 Å². The van der Waals surface area contributed by atoms with Gasteiger partial charge in [0.1, 0.15) is 0 Å². The molecule has 0 spiro atoms. The van der Waals surface area contributed by atoms with Crippen molar-refractivity contribution in [1.29, 1.82) is 0 Å². The van der Waals surface area contributed by atoms with E-state index in [1.807, 2.05) is 0 Å². The highest BCUT2D eigenvalue weighted by Gasteiger charge is 2.09. The highest BCUT2D eigenvalue weighted by atomic mass is 35.5. The summed E-state index contributed by atoms with van der Waals surface area (Å²) in [5.74, 6) is 0. The number of rotatable bonds is 5. The molecule has 0 fully saturated rings. The van der Waals surface area contributed by atoms with Gasteiger partial charge < -0.3 is 0 Å². The van der Waals surface area contributed by atoms with Gasteiger partial charge in [-0.3, -0.25) is 15.5 Å². The number of thiazole rings is 1. The predicted molar refractivity (Wildman–Crippen MR) is 102 cm³/mol. The molecule has 0 aliphatic heterocycles. The lowest BCUT2D eigenvalue weighted by molar-refractivity contribution is -0.384. The van der Waals surface area contributed by atoms with E-state index in [1.165, 1.54) is 23.5 Å². The molecule has 3 aromatic rings. The minimum Gasteiger partial charge on any atom is -0.258 e. The average Bonchev–Trinajstić information content (AvgIpc) is 3.06. The van der Waals surface area contributed by atoms with Crippen LogP contribution in [0.25, 0.3) is 11.3 Å². The first kappa shape index (κ1) is 17.3. The number of nitro groups is 1. The molecule has 0 atom stereocenters. The minimum atomic E-state index is -0.435. The van der Waals surface area contributed by atoms with Crippen LogP contribution in [-0.2, 0) is 0 Å². The third-order valence-corrected chi connectivity index (χ3v) is 4.49. The molecular formula is C16H10Cl2N4O2S. The fourth-order valence-electron chi connectivity index (χ4n) is 2.00. The largest absolute Gasteiger partial charge is 0.270 e. The van der Waals surface area contributed by atoms with Crippen molar-refractivity contribution in [2.75, 3.05) is 5.43 Å². The highest BCUT2D eigenvalue weighted by molar-refractivity contribution is 7.14. The van der Waals surface area contributed by atoms with Crippen LogP contribution in [0, 0.1) is 10.1 Å². The molecule has 2 aromatic carbocycles. The minimum absolute atomic E-state index is 0.0235. The number of non-ortho nitro benzene ring substituents is 1. The number of aromatic nitrogens is 1. The molecule has 0 unspecified atom stereocenters. The Morgan fingerprint density at radius 1 is 1.24 bits per heavy atom. The highest BCUT2D eigenvalue weighted by Crippen LogP contribution is 2.27. The fourth-order valence-corrected chi connectivity index (χ4v) is 3.13. The molecule has 6 nitrogen and oxygen atoms in total. The van der Waals surface area contributed by atoms with Gasteiger partial charge >= 0.3 is 0 Å². The van der Waals surface area contributed by atoms with E-state index in [0.717, 1.165) is 0 Å². The van der Waals surface area contributed by atoms with Crippen molar-refractivity contribution in [3.63, 3.8) is 0 Å². The maximum Gasteiger partial charge on any atom is 0.270 e. The van der Waals surface area contributed by atoms with E-state index in [0.29, 0.717) is 32.0 Å². The standard InChI is InChI=1S/C16H10Cl2N4O2S/c17-12-5-4-11(14(18)7-12)8-19-21-16-20-15(9-25-16)10-2-1-3-13(6-10)22(23)24/h1-9H,(H,20,21)/b19-8+. The first-order valence-corrected chi connectivity index (χ1v) is 8.61. The van der Waals surface area contributed by atoms with Crippen molar-refractivity contribution >= 4 is 51.6 Å². The van der Waals surface area contributed by atoms with Gasteiger partial charge in [0.25, 0.3) is 5.69 Å². The van der Waals surface area contributed by atoms with E-state index in [2.05, 4.69) is 15.5 Å². The molecule has 0 saturated carbocycles. The Morgan fingerprint density at radius 3 is 2.84 bits per heavy atom. The Kier molecular flexibility index (Phi) is 5.28. The van der Waals surface area contributed by atoms with Crippen molar-refractivity contribution < 1.29 is 4.92 Å². The zero-order chi connectivity index (χ0) is 17.8. The number of hydrazone groups is 1. The van der Waals surface area contributed by atoms with E-state index in [-0.39, 0.29) is 5.69 Å². The van der Waals surface area contributed by atoms with Crippen LogP contribution >= 0.6 is 34.5 Å². The summed E-state index contributed by atoms with van der Waals surface area (Å²) in [6.45, 7) is 0. The number of halogens is 2. The van der Waals surface area contributed by atoms with E-state index in [4.69, 9.17) is 23.2 Å². The van der Waals surface area contributed by atoms with Gasteiger partial charge in [0.05, 0.1) is 21.9 Å². The first-order chi connectivity index (χ1) is 12.0. The van der Waals surface area contributed by atoms with Gasteiger partial charge in [-0.2, -0.15) is 5.10 Å². The van der Waals surface area contributed by atoms with Crippen LogP contribution in [0.15, 0.2) is 52.9 Å². The molecule has 0 radical (unpaired) electrons. The van der Waals surface area contributed by atoms with E-state index in [9.17, 15) is 10.1 Å². The maximum atomic E-state index is 10.9. The number of anilines is 1. The van der Waals surface area contributed by atoms with Gasteiger partial charge in [0.15, 0.2) is 0 Å². The smallest absolute Gasteiger partial charge is 0.258 e. The Morgan fingerprint density at radius 2 is 2.08 bits per heavy atom. The van der Waals surface area contributed by atoms with Crippen molar-refractivity contribution in [3.8, 4) is 11.3 Å². The molecule has 1 aromatic heterocycles. The number of hydrogen-bond acceptors (Lipinski definition) is 6. The Labute approximate surface area is 156 Å². The summed E-state index contributed by atoms with van der Waals surface area (Å²) >= 11 is 13.2. The molecule has 126 valence electrons. The second-order valence-electron chi connectivity index (χ2n) is 4.88. The Bertz CT molecular complexity index is 959. The van der Waals surface area contributed by atoms with Gasteiger partial charge in [0, 0.05) is 33.7 Å². The van der Waals surface area contributed by atoms with Gasteiger partial charge in [0.2, 0.25) is 5.13 Å². The summed E-state index contributed by atoms with van der Waals surface area (Å²) in [4.78, 5) is 14.8. The zero-order valence-corrected chi connectivity index (χ0v) is 14.8. The van der Waals surface area contributed by atoms with Crippen LogP contribution in [-0.4, -0.2) is 16.1 Å². The van der Waals surface area contributed by atoms with Gasteiger partial charge in [-0.25, -0.2) is 4.98 Å². The van der Waals surface area contributed by atoms with E-state index >= 15 is 0 Å². The lowest BCUT2D eigenvalue weighted by atomic mass is 10.1. The quantitative estimate of drug-likeness (QED) is 0.354. The number of benzene rings is 2. The number of hydrogen-bond donors (Lipinski definition) is 1. The predicted octanol–water partition coefficient (Wildman–Crippen LogP) is 5.47. The van der Waals surface area contributed by atoms with Crippen LogP contribution in [0.2, 0.25) is 10.0 Å². The van der Waals surface area contributed by atoms with E-state index < -0.39 is 4.92 Å². The second-order valence-corrected chi connectivity index (χ2v) is 6.58. The third kappa shape index (κ3) is 4.33. The summed E-state index contributed by atoms with van der Waals surface area (Å²) in [5, 5.41) is 18.3. The summed E-state index contributed by atoms with van der Waals surface area (Å²) in [5.41, 5.74) is 4.86. The molecule has 9 heteroatoms. The summed E-state index contributed by atoms with van der Waals surface area (Å²) in [7, 11) is 0. The van der Waals surface area contributed by atoms with Crippen molar-refractivity contribution in [2.24, 2.45) is 5.10 Å². The number of nitrogens with one attached hydrogen (secondary N) is 1. The molecule has 0 saturated heterocycles. The topological polar surface area (TPSA) is 80.4 Å². The average molecular weight is 393 g/mol. The molecule has 0 aliphatic rings. The van der Waals surface area contributed by atoms with Crippen molar-refractivity contribution in [1.82, 2.24) is 4.98 Å². The van der Waals surface area contributed by atoms with Gasteiger partial charge in [-0.05, 0) is 12.1 Å². The number of nitro benzene ring substituents is 1. The molecule has 0 amide bonds. The molecule has 25 heavy (non-hydrogen) atoms. The molecule has 0 aliphatic carbocycles. The molecular weight excluding hydrogens is 383 g/mol. The van der Waals surface area contributed by atoms with Crippen LogP contribution in [0.1, 0.15) is 5.56 Å². The van der Waals surface area contributed by atoms with Crippen LogP contribution in [0.5, 0.6) is 0 Å². The molecule has 3 rings (SSSR count).